The number of ether oxygens (including phenoxy) is 1. The van der Waals surface area contributed by atoms with Crippen LogP contribution in [0.3, 0.4) is 0 Å². The summed E-state index contributed by atoms with van der Waals surface area (Å²) >= 11 is 0. The summed E-state index contributed by atoms with van der Waals surface area (Å²) in [6.45, 7) is 5.92. The highest BCUT2D eigenvalue weighted by atomic mass is 32.2. The maximum absolute atomic E-state index is 6.09. The first-order valence-electron chi connectivity index (χ1n) is 9.29. The molecule has 2 nitrogen and oxygen atoms in total. The van der Waals surface area contributed by atoms with E-state index >= 15 is 0 Å². The van der Waals surface area contributed by atoms with Crippen LogP contribution in [0.5, 0.6) is 5.75 Å². The van der Waals surface area contributed by atoms with E-state index < -0.39 is 0 Å². The van der Waals surface area contributed by atoms with Crippen LogP contribution in [0, 0.1) is 13.8 Å². The monoisotopic (exact) mass is 378 g/mol. The van der Waals surface area contributed by atoms with E-state index in [2.05, 4.69) is 106 Å². The molecule has 140 valence electrons. The van der Waals surface area contributed by atoms with Crippen LogP contribution in [0.4, 0.5) is 0 Å². The third-order valence-corrected chi connectivity index (χ3v) is 6.61. The number of nitrogens with zero attached hydrogens (tertiary/aromatic N) is 1. The van der Waals surface area contributed by atoms with Crippen molar-refractivity contribution in [1.29, 1.82) is 0 Å². The number of hydrogen-bond acceptors (Lipinski definition) is 2. The molecule has 0 atom stereocenters. The van der Waals surface area contributed by atoms with Crippen LogP contribution in [0.15, 0.2) is 87.5 Å². The van der Waals surface area contributed by atoms with Gasteiger partial charge in [-0.3, -0.25) is 0 Å². The van der Waals surface area contributed by atoms with E-state index in [9.17, 15) is 0 Å². The third-order valence-electron chi connectivity index (χ3n) is 4.41. The Kier molecular flexibility index (Phi) is 6.59. The second kappa shape index (κ2) is 9.12. The topological polar surface area (TPSA) is 12.5 Å². The van der Waals surface area contributed by atoms with Crippen LogP contribution in [-0.2, 0) is 10.9 Å². The molecule has 0 heterocycles. The molecule has 3 rings (SSSR count). The predicted molar refractivity (Wildman–Crippen MR) is 115 cm³/mol. The van der Waals surface area contributed by atoms with Gasteiger partial charge in [-0.2, -0.15) is 0 Å². The molecule has 0 bridgehead atoms. The van der Waals surface area contributed by atoms with E-state index in [0.717, 1.165) is 12.3 Å². The number of likely N-dealkylation sites (N-methyl/N-ethyl adjacent to an activating group) is 1. The first-order chi connectivity index (χ1) is 13.1. The summed E-state index contributed by atoms with van der Waals surface area (Å²) in [5, 5.41) is 0. The van der Waals surface area contributed by atoms with Gasteiger partial charge in [0, 0.05) is 18.7 Å². The second-order valence-electron chi connectivity index (χ2n) is 6.97. The summed E-state index contributed by atoms with van der Waals surface area (Å²) in [7, 11) is 4.01. The summed E-state index contributed by atoms with van der Waals surface area (Å²) in [6, 6.07) is 26.1. The molecule has 0 aliphatic heterocycles. The Morgan fingerprint density at radius 1 is 0.741 bits per heavy atom. The van der Waals surface area contributed by atoms with Crippen molar-refractivity contribution in [3.05, 3.63) is 83.9 Å². The van der Waals surface area contributed by atoms with Gasteiger partial charge in [0.15, 0.2) is 14.7 Å². The first kappa shape index (κ1) is 19.5. The number of aryl methyl sites for hydroxylation is 2. The highest BCUT2D eigenvalue weighted by Crippen LogP contribution is 2.35. The van der Waals surface area contributed by atoms with Gasteiger partial charge in [-0.25, -0.2) is 0 Å². The van der Waals surface area contributed by atoms with Crippen LogP contribution in [0.2, 0.25) is 0 Å². The molecule has 0 spiro atoms. The van der Waals surface area contributed by atoms with Gasteiger partial charge in [0.25, 0.3) is 0 Å². The third kappa shape index (κ3) is 4.94. The van der Waals surface area contributed by atoms with Crippen molar-refractivity contribution in [3.8, 4) is 5.75 Å². The quantitative estimate of drug-likeness (QED) is 0.515. The Morgan fingerprint density at radius 2 is 1.22 bits per heavy atom. The summed E-state index contributed by atoms with van der Waals surface area (Å²) in [5.74, 6) is 1.02. The van der Waals surface area contributed by atoms with Crippen molar-refractivity contribution in [2.24, 2.45) is 0 Å². The standard InChI is InChI=1S/C24H28NOS/c1-19-17-23(18-20(2)24(19)26-16-15-25(3)4)27(21-11-7-5-8-12-21)22-13-9-6-10-14-22/h5-14,17-18H,15-16H2,1-4H3/q+1. The molecule has 3 heteroatoms. The van der Waals surface area contributed by atoms with E-state index in [-0.39, 0.29) is 10.9 Å². The maximum atomic E-state index is 6.09. The molecule has 0 aromatic heterocycles. The van der Waals surface area contributed by atoms with E-state index in [0.29, 0.717) is 6.61 Å². The highest BCUT2D eigenvalue weighted by Gasteiger charge is 2.29. The number of hydrogen-bond donors (Lipinski definition) is 0. The molecule has 0 unspecified atom stereocenters. The lowest BCUT2D eigenvalue weighted by molar-refractivity contribution is 0.258. The Bertz CT molecular complexity index is 800. The summed E-state index contributed by atoms with van der Waals surface area (Å²) in [5.41, 5.74) is 2.40. The fourth-order valence-corrected chi connectivity index (χ4v) is 5.37. The molecule has 0 aliphatic rings. The van der Waals surface area contributed by atoms with Gasteiger partial charge >= 0.3 is 0 Å². The van der Waals surface area contributed by atoms with E-state index in [1.807, 2.05) is 0 Å². The van der Waals surface area contributed by atoms with Gasteiger partial charge in [0.1, 0.15) is 12.4 Å². The Hall–Kier alpha value is -2.23. The lowest BCUT2D eigenvalue weighted by atomic mass is 10.1. The van der Waals surface area contributed by atoms with Crippen molar-refractivity contribution in [2.45, 2.75) is 28.5 Å². The molecule has 3 aromatic rings. The summed E-state index contributed by atoms with van der Waals surface area (Å²) in [4.78, 5) is 6.15. The second-order valence-corrected chi connectivity index (χ2v) is 9.00. The molecule has 27 heavy (non-hydrogen) atoms. The molecule has 0 radical (unpaired) electrons. The Balaban J connectivity index is 1.98. The summed E-state index contributed by atoms with van der Waals surface area (Å²) in [6.07, 6.45) is 0. The number of rotatable bonds is 7. The van der Waals surface area contributed by atoms with E-state index in [1.54, 1.807) is 0 Å². The fourth-order valence-electron chi connectivity index (χ4n) is 3.11. The fraction of sp³-hybridized carbons (Fsp3) is 0.250. The first-order valence-corrected chi connectivity index (χ1v) is 10.5. The highest BCUT2D eigenvalue weighted by molar-refractivity contribution is 7.97. The largest absolute Gasteiger partial charge is 0.492 e. The molecule has 0 saturated heterocycles. The van der Waals surface area contributed by atoms with Crippen molar-refractivity contribution in [2.75, 3.05) is 27.2 Å². The molecule has 3 aromatic carbocycles. The van der Waals surface area contributed by atoms with Crippen molar-refractivity contribution in [3.63, 3.8) is 0 Å². The zero-order chi connectivity index (χ0) is 19.2. The van der Waals surface area contributed by atoms with Crippen LogP contribution < -0.4 is 4.74 Å². The van der Waals surface area contributed by atoms with Gasteiger partial charge in [0.05, 0.1) is 10.9 Å². The lowest BCUT2D eigenvalue weighted by Crippen LogP contribution is -2.20. The average Bonchev–Trinajstić information content (AvgIpc) is 2.66. The van der Waals surface area contributed by atoms with Gasteiger partial charge < -0.3 is 9.64 Å². The maximum Gasteiger partial charge on any atom is 0.167 e. The minimum Gasteiger partial charge on any atom is -0.492 e. The van der Waals surface area contributed by atoms with Gasteiger partial charge in [-0.1, -0.05) is 36.4 Å². The molecule has 0 fully saturated rings. The molecule has 0 amide bonds. The van der Waals surface area contributed by atoms with Crippen LogP contribution in [0.1, 0.15) is 11.1 Å². The van der Waals surface area contributed by atoms with Crippen molar-refractivity contribution in [1.82, 2.24) is 4.90 Å². The molecular weight excluding hydrogens is 350 g/mol. The Morgan fingerprint density at radius 3 is 1.67 bits per heavy atom. The van der Waals surface area contributed by atoms with Crippen molar-refractivity contribution >= 4 is 10.9 Å². The predicted octanol–water partition coefficient (Wildman–Crippen LogP) is 5.34. The van der Waals surface area contributed by atoms with E-state index in [1.165, 1.54) is 25.8 Å². The molecule has 0 N–H and O–H groups in total. The summed E-state index contributed by atoms with van der Waals surface area (Å²) < 4.78 is 6.09. The van der Waals surface area contributed by atoms with Gasteiger partial charge in [-0.15, -0.1) is 0 Å². The average molecular weight is 379 g/mol. The molecule has 0 aliphatic carbocycles. The molecule has 0 saturated carbocycles. The van der Waals surface area contributed by atoms with Gasteiger partial charge in [-0.05, 0) is 63.3 Å². The van der Waals surface area contributed by atoms with Crippen molar-refractivity contribution < 1.29 is 4.74 Å². The van der Waals surface area contributed by atoms with Crippen LogP contribution in [-0.4, -0.2) is 32.1 Å². The van der Waals surface area contributed by atoms with Crippen LogP contribution >= 0.6 is 0 Å². The zero-order valence-corrected chi connectivity index (χ0v) is 17.4. The minimum atomic E-state index is -0.120. The molecular formula is C24H28NOS+. The normalized spacial score (nSPS) is 11.2. The smallest absolute Gasteiger partial charge is 0.167 e. The SMILES string of the molecule is Cc1cc([S+](c2ccccc2)c2ccccc2)cc(C)c1OCCN(C)C. The number of benzene rings is 3. The van der Waals surface area contributed by atoms with Gasteiger partial charge in [0.2, 0.25) is 0 Å². The Labute approximate surface area is 166 Å². The lowest BCUT2D eigenvalue weighted by Gasteiger charge is -2.16. The zero-order valence-electron chi connectivity index (χ0n) is 16.6. The van der Waals surface area contributed by atoms with Crippen LogP contribution in [0.25, 0.3) is 0 Å². The minimum absolute atomic E-state index is 0.120. The van der Waals surface area contributed by atoms with E-state index in [4.69, 9.17) is 4.74 Å².